The standard InChI is InChI=1S/C14H20N2O3/c1-11(2)14(9-16(18)19)15(10-17)12(3)13-7-5-4-6-8-13/h4-8,10-12,14H,9H2,1-3H3. The smallest absolute Gasteiger partial charge is 0.224 e. The third-order valence-corrected chi connectivity index (χ3v) is 3.34. The molecule has 5 nitrogen and oxygen atoms in total. The summed E-state index contributed by atoms with van der Waals surface area (Å²) in [6.07, 6.45) is 0.714. The van der Waals surface area contributed by atoms with Gasteiger partial charge in [-0.3, -0.25) is 14.9 Å². The van der Waals surface area contributed by atoms with Crippen molar-refractivity contribution in [3.05, 3.63) is 46.0 Å². The summed E-state index contributed by atoms with van der Waals surface area (Å²) in [6, 6.07) is 8.96. The highest BCUT2D eigenvalue weighted by atomic mass is 16.6. The highest BCUT2D eigenvalue weighted by molar-refractivity contribution is 5.49. The maximum absolute atomic E-state index is 11.4. The number of carbonyl (C=O) groups excluding carboxylic acids is 1. The van der Waals surface area contributed by atoms with Crippen LogP contribution in [0.2, 0.25) is 0 Å². The topological polar surface area (TPSA) is 63.5 Å². The molecule has 0 saturated heterocycles. The van der Waals surface area contributed by atoms with E-state index in [2.05, 4.69) is 0 Å². The Balaban J connectivity index is 2.96. The van der Waals surface area contributed by atoms with Crippen molar-refractivity contribution in [2.45, 2.75) is 32.9 Å². The number of rotatable bonds is 7. The van der Waals surface area contributed by atoms with Crippen LogP contribution in [-0.4, -0.2) is 28.8 Å². The van der Waals surface area contributed by atoms with E-state index in [0.29, 0.717) is 6.41 Å². The molecule has 0 saturated carbocycles. The molecule has 2 unspecified atom stereocenters. The van der Waals surface area contributed by atoms with Crippen LogP contribution in [0.15, 0.2) is 30.3 Å². The molecule has 5 heteroatoms. The molecule has 104 valence electrons. The number of benzene rings is 1. The van der Waals surface area contributed by atoms with Crippen molar-refractivity contribution >= 4 is 6.41 Å². The molecule has 0 aliphatic carbocycles. The van der Waals surface area contributed by atoms with Gasteiger partial charge in [-0.05, 0) is 18.4 Å². The van der Waals surface area contributed by atoms with Crippen LogP contribution in [0.25, 0.3) is 0 Å². The molecule has 0 aliphatic rings. The molecule has 2 atom stereocenters. The van der Waals surface area contributed by atoms with E-state index in [-0.39, 0.29) is 23.4 Å². The third kappa shape index (κ3) is 4.05. The summed E-state index contributed by atoms with van der Waals surface area (Å²) in [5, 5.41) is 10.8. The first kappa shape index (κ1) is 15.1. The van der Waals surface area contributed by atoms with Gasteiger partial charge >= 0.3 is 0 Å². The molecule has 1 aromatic carbocycles. The van der Waals surface area contributed by atoms with Crippen LogP contribution in [0, 0.1) is 16.0 Å². The molecule has 1 aromatic rings. The van der Waals surface area contributed by atoms with E-state index in [4.69, 9.17) is 0 Å². The second-order valence-electron chi connectivity index (χ2n) is 4.97. The lowest BCUT2D eigenvalue weighted by molar-refractivity contribution is -0.488. The molecule has 0 aromatic heterocycles. The summed E-state index contributed by atoms with van der Waals surface area (Å²) in [6.45, 7) is 5.44. The van der Waals surface area contributed by atoms with Crippen molar-refractivity contribution in [3.63, 3.8) is 0 Å². The highest BCUT2D eigenvalue weighted by Gasteiger charge is 2.29. The molecule has 0 bridgehead atoms. The molecule has 0 radical (unpaired) electrons. The maximum Gasteiger partial charge on any atom is 0.224 e. The van der Waals surface area contributed by atoms with Crippen molar-refractivity contribution in [2.24, 2.45) is 5.92 Å². The largest absolute Gasteiger partial charge is 0.329 e. The van der Waals surface area contributed by atoms with Crippen LogP contribution in [0.4, 0.5) is 0 Å². The average molecular weight is 264 g/mol. The summed E-state index contributed by atoms with van der Waals surface area (Å²) < 4.78 is 0. The molecule has 19 heavy (non-hydrogen) atoms. The van der Waals surface area contributed by atoms with Gasteiger partial charge in [-0.15, -0.1) is 0 Å². The monoisotopic (exact) mass is 264 g/mol. The van der Waals surface area contributed by atoms with Gasteiger partial charge < -0.3 is 4.90 Å². The second-order valence-corrected chi connectivity index (χ2v) is 4.97. The Labute approximate surface area is 113 Å². The average Bonchev–Trinajstić information content (AvgIpc) is 2.38. The lowest BCUT2D eigenvalue weighted by Gasteiger charge is -2.33. The molecular formula is C14H20N2O3. The number of carbonyl (C=O) groups is 1. The summed E-state index contributed by atoms with van der Waals surface area (Å²) in [5.41, 5.74) is 0.976. The van der Waals surface area contributed by atoms with Crippen LogP contribution in [0.5, 0.6) is 0 Å². The summed E-state index contributed by atoms with van der Waals surface area (Å²) in [4.78, 5) is 23.3. The van der Waals surface area contributed by atoms with Crippen LogP contribution < -0.4 is 0 Å². The Bertz CT molecular complexity index is 420. The molecule has 1 amide bonds. The fourth-order valence-corrected chi connectivity index (χ4v) is 2.16. The lowest BCUT2D eigenvalue weighted by atomic mass is 9.99. The first-order chi connectivity index (χ1) is 8.97. The first-order valence-corrected chi connectivity index (χ1v) is 6.36. The summed E-state index contributed by atoms with van der Waals surface area (Å²) in [5.74, 6) is 0.0294. The predicted molar refractivity (Wildman–Crippen MR) is 73.2 cm³/mol. The van der Waals surface area contributed by atoms with Gasteiger partial charge in [0.05, 0.1) is 12.1 Å². The summed E-state index contributed by atoms with van der Waals surface area (Å²) >= 11 is 0. The van der Waals surface area contributed by atoms with E-state index in [9.17, 15) is 14.9 Å². The molecular weight excluding hydrogens is 244 g/mol. The number of nitrogens with zero attached hydrogens (tertiary/aromatic N) is 2. The number of amides is 1. The fraction of sp³-hybridized carbons (Fsp3) is 0.500. The van der Waals surface area contributed by atoms with Gasteiger partial charge in [0.2, 0.25) is 13.0 Å². The van der Waals surface area contributed by atoms with Gasteiger partial charge in [-0.2, -0.15) is 0 Å². The number of nitro groups is 1. The van der Waals surface area contributed by atoms with Crippen LogP contribution in [0.3, 0.4) is 0 Å². The second kappa shape index (κ2) is 6.87. The van der Waals surface area contributed by atoms with Gasteiger partial charge in [0.15, 0.2) is 0 Å². The van der Waals surface area contributed by atoms with E-state index in [1.807, 2.05) is 51.1 Å². The molecule has 0 N–H and O–H groups in total. The zero-order valence-corrected chi connectivity index (χ0v) is 11.5. The third-order valence-electron chi connectivity index (χ3n) is 3.34. The quantitative estimate of drug-likeness (QED) is 0.432. The van der Waals surface area contributed by atoms with Crippen molar-refractivity contribution < 1.29 is 9.72 Å². The van der Waals surface area contributed by atoms with E-state index in [1.54, 1.807) is 4.90 Å². The van der Waals surface area contributed by atoms with Gasteiger partial charge in [-0.1, -0.05) is 44.2 Å². The molecule has 0 spiro atoms. The van der Waals surface area contributed by atoms with E-state index in [0.717, 1.165) is 5.56 Å². The van der Waals surface area contributed by atoms with Gasteiger partial charge in [0, 0.05) is 4.92 Å². The zero-order chi connectivity index (χ0) is 14.4. The van der Waals surface area contributed by atoms with Gasteiger partial charge in [0.25, 0.3) is 0 Å². The van der Waals surface area contributed by atoms with E-state index >= 15 is 0 Å². The van der Waals surface area contributed by atoms with Crippen molar-refractivity contribution in [3.8, 4) is 0 Å². The zero-order valence-electron chi connectivity index (χ0n) is 11.5. The van der Waals surface area contributed by atoms with E-state index < -0.39 is 6.04 Å². The van der Waals surface area contributed by atoms with Crippen molar-refractivity contribution in [1.82, 2.24) is 4.90 Å². The van der Waals surface area contributed by atoms with Gasteiger partial charge in [0.1, 0.15) is 0 Å². The molecule has 0 heterocycles. The predicted octanol–water partition coefficient (Wildman–Crippen LogP) is 2.51. The Morgan fingerprint density at radius 1 is 1.26 bits per heavy atom. The molecule has 1 rings (SSSR count). The van der Waals surface area contributed by atoms with Crippen LogP contribution in [0.1, 0.15) is 32.4 Å². The Morgan fingerprint density at radius 3 is 2.26 bits per heavy atom. The van der Waals surface area contributed by atoms with Crippen LogP contribution >= 0.6 is 0 Å². The number of hydrogen-bond acceptors (Lipinski definition) is 3. The Hall–Kier alpha value is -1.91. The molecule has 0 aliphatic heterocycles. The maximum atomic E-state index is 11.4. The normalized spacial score (nSPS) is 13.9. The number of hydrogen-bond donors (Lipinski definition) is 0. The fourth-order valence-electron chi connectivity index (χ4n) is 2.16. The van der Waals surface area contributed by atoms with Crippen molar-refractivity contribution in [1.29, 1.82) is 0 Å². The minimum absolute atomic E-state index is 0.0294. The first-order valence-electron chi connectivity index (χ1n) is 6.36. The molecule has 0 fully saturated rings. The Morgan fingerprint density at radius 2 is 1.84 bits per heavy atom. The minimum Gasteiger partial charge on any atom is -0.329 e. The minimum atomic E-state index is -0.400. The SMILES string of the molecule is CC(C)C(C[N+](=O)[O-])N(C=O)C(C)c1ccccc1. The highest BCUT2D eigenvalue weighted by Crippen LogP contribution is 2.24. The van der Waals surface area contributed by atoms with Crippen LogP contribution in [-0.2, 0) is 4.79 Å². The van der Waals surface area contributed by atoms with Gasteiger partial charge in [-0.25, -0.2) is 0 Å². The van der Waals surface area contributed by atoms with E-state index in [1.165, 1.54) is 0 Å². The Kier molecular flexibility index (Phi) is 5.48. The van der Waals surface area contributed by atoms with Crippen molar-refractivity contribution in [2.75, 3.05) is 6.54 Å². The lowest BCUT2D eigenvalue weighted by Crippen LogP contribution is -2.44. The summed E-state index contributed by atoms with van der Waals surface area (Å²) in [7, 11) is 0.